The maximum Gasteiger partial charge on any atom is 0.310 e. The van der Waals surface area contributed by atoms with Crippen LogP contribution in [0.3, 0.4) is 0 Å². The second-order valence-corrected chi connectivity index (χ2v) is 11.2. The minimum absolute atomic E-state index is 0.0111. The molecule has 8 heteroatoms. The second kappa shape index (κ2) is 6.21. The molecule has 0 amide bonds. The zero-order chi connectivity index (χ0) is 23.1. The van der Waals surface area contributed by atoms with Crippen molar-refractivity contribution in [3.05, 3.63) is 67.8 Å². The molecule has 32 heavy (non-hydrogen) atoms. The number of phenols is 2. The molecule has 0 radical (unpaired) electrons. The molecule has 4 saturated carbocycles. The zero-order valence-corrected chi connectivity index (χ0v) is 18.1. The van der Waals surface area contributed by atoms with Gasteiger partial charge >= 0.3 is 11.4 Å². The van der Waals surface area contributed by atoms with Crippen LogP contribution in [0, 0.1) is 31.1 Å². The molecule has 2 aromatic rings. The highest BCUT2D eigenvalue weighted by molar-refractivity contribution is 5.53. The Morgan fingerprint density at radius 1 is 0.688 bits per heavy atom. The van der Waals surface area contributed by atoms with Gasteiger partial charge in [-0.1, -0.05) is 26.0 Å². The van der Waals surface area contributed by atoms with Crippen molar-refractivity contribution in [1.29, 1.82) is 0 Å². The Kier molecular flexibility index (Phi) is 4.02. The molecular formula is C24H26N2O6. The number of phenolic OH excluding ortho intramolecular Hbond substituents is 2. The van der Waals surface area contributed by atoms with Crippen molar-refractivity contribution in [3.63, 3.8) is 0 Å². The van der Waals surface area contributed by atoms with Crippen molar-refractivity contribution >= 4 is 11.4 Å². The van der Waals surface area contributed by atoms with E-state index in [9.17, 15) is 30.4 Å². The molecule has 0 aliphatic heterocycles. The van der Waals surface area contributed by atoms with Gasteiger partial charge in [0.25, 0.3) is 0 Å². The first-order chi connectivity index (χ1) is 14.9. The van der Waals surface area contributed by atoms with Crippen LogP contribution in [0.2, 0.25) is 0 Å². The van der Waals surface area contributed by atoms with Gasteiger partial charge in [-0.3, -0.25) is 20.2 Å². The van der Waals surface area contributed by atoms with Crippen molar-refractivity contribution in [2.45, 2.75) is 63.2 Å². The maximum atomic E-state index is 11.5. The molecule has 4 aliphatic carbocycles. The van der Waals surface area contributed by atoms with Gasteiger partial charge in [-0.25, -0.2) is 0 Å². The number of benzene rings is 2. The number of nitro benzene ring substituents is 2. The first-order valence-corrected chi connectivity index (χ1v) is 10.8. The summed E-state index contributed by atoms with van der Waals surface area (Å²) in [6.45, 7) is 4.52. The monoisotopic (exact) mass is 438 g/mol. The first kappa shape index (κ1) is 20.7. The van der Waals surface area contributed by atoms with Gasteiger partial charge in [0.2, 0.25) is 0 Å². The first-order valence-electron chi connectivity index (χ1n) is 10.8. The van der Waals surface area contributed by atoms with E-state index in [1.807, 2.05) is 0 Å². The summed E-state index contributed by atoms with van der Waals surface area (Å²) in [5, 5.41) is 43.0. The fourth-order valence-electron chi connectivity index (χ4n) is 8.31. The largest absolute Gasteiger partial charge is 0.502 e. The molecular weight excluding hydrogens is 412 g/mol. The van der Waals surface area contributed by atoms with Crippen LogP contribution in [0.25, 0.3) is 0 Å². The third-order valence-electron chi connectivity index (χ3n) is 8.16. The van der Waals surface area contributed by atoms with E-state index in [0.29, 0.717) is 0 Å². The Hall–Kier alpha value is -3.16. The maximum absolute atomic E-state index is 11.5. The van der Waals surface area contributed by atoms with Gasteiger partial charge in [-0.2, -0.15) is 0 Å². The van der Waals surface area contributed by atoms with E-state index < -0.39 is 9.85 Å². The van der Waals surface area contributed by atoms with Crippen LogP contribution in [0.4, 0.5) is 11.4 Å². The lowest BCUT2D eigenvalue weighted by molar-refractivity contribution is -0.386. The zero-order valence-electron chi connectivity index (χ0n) is 18.1. The predicted octanol–water partition coefficient (Wildman–Crippen LogP) is 5.48. The molecule has 0 spiro atoms. The van der Waals surface area contributed by atoms with Crippen LogP contribution in [-0.2, 0) is 10.8 Å². The number of hydrogen-bond acceptors (Lipinski definition) is 6. The van der Waals surface area contributed by atoms with Crippen LogP contribution in [0.1, 0.15) is 63.5 Å². The van der Waals surface area contributed by atoms with Crippen LogP contribution in [-0.4, -0.2) is 20.1 Å². The lowest BCUT2D eigenvalue weighted by Gasteiger charge is -2.70. The van der Waals surface area contributed by atoms with Crippen molar-refractivity contribution in [2.75, 3.05) is 0 Å². The molecule has 8 nitrogen and oxygen atoms in total. The van der Waals surface area contributed by atoms with Crippen molar-refractivity contribution in [2.24, 2.45) is 10.8 Å². The summed E-state index contributed by atoms with van der Waals surface area (Å²) in [6, 6.07) is 9.46. The molecule has 2 aromatic carbocycles. The normalized spacial score (nSPS) is 35.1. The molecule has 2 N–H and O–H groups in total. The average molecular weight is 438 g/mol. The van der Waals surface area contributed by atoms with Crippen LogP contribution < -0.4 is 0 Å². The van der Waals surface area contributed by atoms with E-state index in [-0.39, 0.29) is 44.5 Å². The summed E-state index contributed by atoms with van der Waals surface area (Å²) in [4.78, 5) is 21.9. The summed E-state index contributed by atoms with van der Waals surface area (Å²) >= 11 is 0. The number of nitro groups is 2. The highest BCUT2D eigenvalue weighted by atomic mass is 16.6. The number of aromatic hydroxyl groups is 2. The SMILES string of the molecule is CC12CC3(C)CC(c4ccc(O)c([N+](=O)[O-])c4)(C1)CC(c1ccc(O)c([N+](=O)[O-])c1)(C2)C3. The van der Waals surface area contributed by atoms with Gasteiger partial charge in [-0.05, 0) is 83.4 Å². The molecule has 168 valence electrons. The summed E-state index contributed by atoms with van der Waals surface area (Å²) < 4.78 is 0. The van der Waals surface area contributed by atoms with Gasteiger partial charge in [0.15, 0.2) is 11.5 Å². The Labute approximate surface area is 185 Å². The quantitative estimate of drug-likeness (QED) is 0.480. The van der Waals surface area contributed by atoms with E-state index >= 15 is 0 Å². The number of hydrogen-bond donors (Lipinski definition) is 2. The summed E-state index contributed by atoms with van der Waals surface area (Å²) in [5.41, 5.74) is 0.483. The van der Waals surface area contributed by atoms with E-state index in [0.717, 1.165) is 49.7 Å². The van der Waals surface area contributed by atoms with Gasteiger partial charge in [0, 0.05) is 12.1 Å². The summed E-state index contributed by atoms with van der Waals surface area (Å²) in [6.07, 6.45) is 5.33. The van der Waals surface area contributed by atoms with Crippen LogP contribution >= 0.6 is 0 Å². The lowest BCUT2D eigenvalue weighted by atomic mass is 9.34. The van der Waals surface area contributed by atoms with E-state index in [1.54, 1.807) is 12.1 Å². The average Bonchev–Trinajstić information content (AvgIpc) is 2.65. The molecule has 4 fully saturated rings. The van der Waals surface area contributed by atoms with Crippen molar-refractivity contribution in [3.8, 4) is 11.5 Å². The number of rotatable bonds is 4. The topological polar surface area (TPSA) is 127 Å². The lowest BCUT2D eigenvalue weighted by Crippen LogP contribution is -2.62. The molecule has 0 heterocycles. The van der Waals surface area contributed by atoms with E-state index in [2.05, 4.69) is 13.8 Å². The predicted molar refractivity (Wildman–Crippen MR) is 117 cm³/mol. The van der Waals surface area contributed by atoms with Gasteiger partial charge < -0.3 is 10.2 Å². The summed E-state index contributed by atoms with van der Waals surface area (Å²) in [5.74, 6) is -0.686. The van der Waals surface area contributed by atoms with Crippen molar-refractivity contribution in [1.82, 2.24) is 0 Å². The van der Waals surface area contributed by atoms with Crippen LogP contribution in [0.5, 0.6) is 11.5 Å². The minimum Gasteiger partial charge on any atom is -0.502 e. The molecule has 4 aliphatic rings. The number of nitrogens with zero attached hydrogens (tertiary/aromatic N) is 2. The fourth-order valence-corrected chi connectivity index (χ4v) is 8.31. The standard InChI is InChI=1S/C24H26N2O6/c1-21-9-22(2)12-23(10-21,15-3-5-19(27)17(7-15)25(29)30)14-24(11-21,13-22)16-4-6-20(28)18(8-16)26(31)32/h3-8,27-28H,9-14H2,1-2H3. The minimum atomic E-state index is -0.554. The van der Waals surface area contributed by atoms with E-state index in [1.165, 1.54) is 24.3 Å². The van der Waals surface area contributed by atoms with Crippen molar-refractivity contribution < 1.29 is 20.1 Å². The Bertz CT molecular complexity index is 1070. The molecule has 0 saturated heterocycles. The fraction of sp³-hybridized carbons (Fsp3) is 0.500. The Balaban J connectivity index is 1.69. The third-order valence-corrected chi connectivity index (χ3v) is 8.16. The molecule has 4 bridgehead atoms. The molecule has 0 unspecified atom stereocenters. The molecule has 6 rings (SSSR count). The van der Waals surface area contributed by atoms with Crippen LogP contribution in [0.15, 0.2) is 36.4 Å². The van der Waals surface area contributed by atoms with Gasteiger partial charge in [-0.15, -0.1) is 0 Å². The van der Waals surface area contributed by atoms with Gasteiger partial charge in [0.1, 0.15) is 0 Å². The summed E-state index contributed by atoms with van der Waals surface area (Å²) in [7, 11) is 0. The van der Waals surface area contributed by atoms with E-state index in [4.69, 9.17) is 0 Å². The Morgan fingerprint density at radius 3 is 1.41 bits per heavy atom. The highest BCUT2D eigenvalue weighted by Crippen LogP contribution is 2.74. The third kappa shape index (κ3) is 2.88. The highest BCUT2D eigenvalue weighted by Gasteiger charge is 2.66. The van der Waals surface area contributed by atoms with Gasteiger partial charge in [0.05, 0.1) is 9.85 Å². The Morgan fingerprint density at radius 2 is 1.06 bits per heavy atom. The second-order valence-electron chi connectivity index (χ2n) is 11.2. The molecule has 0 atom stereocenters. The molecule has 0 aromatic heterocycles. The smallest absolute Gasteiger partial charge is 0.310 e.